The Hall–Kier alpha value is -4.64. The van der Waals surface area contributed by atoms with Gasteiger partial charge in [0.15, 0.2) is 5.76 Å². The molecule has 0 fully saturated rings. The molecule has 0 bridgehead atoms. The molecule has 1 heterocycles. The van der Waals surface area contributed by atoms with Crippen molar-refractivity contribution in [2.75, 3.05) is 5.32 Å². The van der Waals surface area contributed by atoms with E-state index in [2.05, 4.69) is 5.32 Å². The third-order valence-electron chi connectivity index (χ3n) is 4.59. The number of hydrogen-bond acceptors (Lipinski definition) is 6. The summed E-state index contributed by atoms with van der Waals surface area (Å²) in [5.74, 6) is 0.591. The van der Waals surface area contributed by atoms with Gasteiger partial charge in [-0.1, -0.05) is 36.4 Å². The highest BCUT2D eigenvalue weighted by atomic mass is 16.6. The van der Waals surface area contributed by atoms with Crippen LogP contribution in [-0.4, -0.2) is 10.8 Å². The summed E-state index contributed by atoms with van der Waals surface area (Å²) in [6.07, 6.45) is 0. The van der Waals surface area contributed by atoms with Crippen LogP contribution in [-0.2, 0) is 6.61 Å². The molecule has 0 saturated heterocycles. The highest BCUT2D eigenvalue weighted by Crippen LogP contribution is 2.26. The molecule has 1 aromatic heterocycles. The second-order valence-electron chi connectivity index (χ2n) is 6.58. The molecule has 0 saturated carbocycles. The van der Waals surface area contributed by atoms with Crippen molar-refractivity contribution in [2.24, 2.45) is 0 Å². The first-order valence-electron chi connectivity index (χ1n) is 9.24. The maximum Gasteiger partial charge on any atom is 0.291 e. The van der Waals surface area contributed by atoms with Crippen LogP contribution >= 0.6 is 0 Å². The van der Waals surface area contributed by atoms with E-state index in [1.807, 2.05) is 48.5 Å². The van der Waals surface area contributed by atoms with Gasteiger partial charge in [-0.05, 0) is 29.7 Å². The third kappa shape index (κ3) is 4.21. The fourth-order valence-electron chi connectivity index (χ4n) is 3.08. The van der Waals surface area contributed by atoms with Gasteiger partial charge in [0.1, 0.15) is 24.2 Å². The molecular weight excluding hydrogens is 398 g/mol. The van der Waals surface area contributed by atoms with Gasteiger partial charge in [0.2, 0.25) is 0 Å². The van der Waals surface area contributed by atoms with E-state index in [0.29, 0.717) is 11.5 Å². The van der Waals surface area contributed by atoms with E-state index in [9.17, 15) is 20.2 Å². The van der Waals surface area contributed by atoms with Gasteiger partial charge in [-0.15, -0.1) is 0 Å². The van der Waals surface area contributed by atoms with E-state index in [4.69, 9.17) is 9.15 Å². The number of ether oxygens (including phenoxy) is 1. The Morgan fingerprint density at radius 3 is 2.71 bits per heavy atom. The molecule has 1 amide bonds. The van der Waals surface area contributed by atoms with E-state index >= 15 is 0 Å². The van der Waals surface area contributed by atoms with Gasteiger partial charge >= 0.3 is 0 Å². The molecule has 0 radical (unpaired) electrons. The van der Waals surface area contributed by atoms with Crippen LogP contribution in [0.1, 0.15) is 21.9 Å². The standard InChI is InChI=1S/C23H15N3O5/c24-13-16-12-17(26(28)29)8-10-20(16)25-23(27)22-11-9-18(31-22)14-30-21-7-3-5-15-4-1-2-6-19(15)21/h1-12H,14H2,(H,25,27). The predicted octanol–water partition coefficient (Wildman–Crippen LogP) is 5.04. The van der Waals surface area contributed by atoms with Crippen LogP contribution in [0, 0.1) is 21.4 Å². The van der Waals surface area contributed by atoms with Gasteiger partial charge in [0.05, 0.1) is 16.2 Å². The van der Waals surface area contributed by atoms with Crippen LogP contribution in [0.5, 0.6) is 5.75 Å². The number of anilines is 1. The van der Waals surface area contributed by atoms with Gasteiger partial charge in [0, 0.05) is 17.5 Å². The van der Waals surface area contributed by atoms with Crippen LogP contribution < -0.4 is 10.1 Å². The first kappa shape index (κ1) is 19.7. The van der Waals surface area contributed by atoms with E-state index in [1.54, 1.807) is 6.07 Å². The first-order chi connectivity index (χ1) is 15.0. The Morgan fingerprint density at radius 1 is 1.10 bits per heavy atom. The molecular formula is C23H15N3O5. The van der Waals surface area contributed by atoms with Crippen molar-refractivity contribution in [1.82, 2.24) is 0 Å². The number of fused-ring (bicyclic) bond motifs is 1. The van der Waals surface area contributed by atoms with Crippen LogP contribution in [0.2, 0.25) is 0 Å². The third-order valence-corrected chi connectivity index (χ3v) is 4.59. The molecule has 3 aromatic carbocycles. The summed E-state index contributed by atoms with van der Waals surface area (Å²) in [7, 11) is 0. The average Bonchev–Trinajstić information content (AvgIpc) is 3.27. The highest BCUT2D eigenvalue weighted by Gasteiger charge is 2.16. The second kappa shape index (κ2) is 8.39. The molecule has 8 nitrogen and oxygen atoms in total. The number of amides is 1. The molecule has 0 unspecified atom stereocenters. The lowest BCUT2D eigenvalue weighted by Crippen LogP contribution is -2.12. The number of rotatable bonds is 6. The summed E-state index contributed by atoms with van der Waals surface area (Å²) >= 11 is 0. The quantitative estimate of drug-likeness (QED) is 0.349. The molecule has 8 heteroatoms. The molecule has 1 N–H and O–H groups in total. The molecule has 4 aromatic rings. The number of nitrogens with zero attached hydrogens (tertiary/aromatic N) is 2. The van der Waals surface area contributed by atoms with Gasteiger partial charge in [-0.25, -0.2) is 0 Å². The maximum absolute atomic E-state index is 12.5. The normalized spacial score (nSPS) is 10.4. The van der Waals surface area contributed by atoms with Gasteiger partial charge in [-0.2, -0.15) is 5.26 Å². The fourth-order valence-corrected chi connectivity index (χ4v) is 3.08. The van der Waals surface area contributed by atoms with Crippen molar-refractivity contribution in [2.45, 2.75) is 6.61 Å². The van der Waals surface area contributed by atoms with Crippen LogP contribution in [0.3, 0.4) is 0 Å². The molecule has 0 aliphatic heterocycles. The number of nitro groups is 1. The molecule has 152 valence electrons. The monoisotopic (exact) mass is 413 g/mol. The Bertz CT molecular complexity index is 1330. The number of nitriles is 1. The van der Waals surface area contributed by atoms with Crippen molar-refractivity contribution in [1.29, 1.82) is 5.26 Å². The second-order valence-corrected chi connectivity index (χ2v) is 6.58. The van der Waals surface area contributed by atoms with Crippen LogP contribution in [0.4, 0.5) is 11.4 Å². The number of hydrogen-bond donors (Lipinski definition) is 1. The van der Waals surface area contributed by atoms with E-state index in [0.717, 1.165) is 16.8 Å². The summed E-state index contributed by atoms with van der Waals surface area (Å²) in [6, 6.07) is 22.2. The first-order valence-corrected chi connectivity index (χ1v) is 9.24. The van der Waals surface area contributed by atoms with Crippen molar-refractivity contribution < 1.29 is 18.9 Å². The topological polar surface area (TPSA) is 118 Å². The summed E-state index contributed by atoms with van der Waals surface area (Å²) in [5, 5.41) is 24.6. The smallest absolute Gasteiger partial charge is 0.291 e. The minimum Gasteiger partial charge on any atom is -0.485 e. The average molecular weight is 413 g/mol. The Kier molecular flexibility index (Phi) is 5.32. The molecule has 0 aliphatic rings. The highest BCUT2D eigenvalue weighted by molar-refractivity contribution is 6.03. The fraction of sp³-hybridized carbons (Fsp3) is 0.0435. The van der Waals surface area contributed by atoms with Crippen LogP contribution in [0.25, 0.3) is 10.8 Å². The lowest BCUT2D eigenvalue weighted by molar-refractivity contribution is -0.384. The lowest BCUT2D eigenvalue weighted by atomic mass is 10.1. The molecule has 4 rings (SSSR count). The molecule has 31 heavy (non-hydrogen) atoms. The Labute approximate surface area is 176 Å². The van der Waals surface area contributed by atoms with Crippen molar-refractivity contribution >= 4 is 28.1 Å². The lowest BCUT2D eigenvalue weighted by Gasteiger charge is -2.08. The van der Waals surface area contributed by atoms with Crippen molar-refractivity contribution in [3.8, 4) is 11.8 Å². The minimum absolute atomic E-state index is 0.0198. The molecule has 0 aliphatic carbocycles. The molecule has 0 atom stereocenters. The van der Waals surface area contributed by atoms with Crippen LogP contribution in [0.15, 0.2) is 77.2 Å². The Morgan fingerprint density at radius 2 is 1.90 bits per heavy atom. The summed E-state index contributed by atoms with van der Waals surface area (Å²) in [4.78, 5) is 22.7. The van der Waals surface area contributed by atoms with Gasteiger partial charge < -0.3 is 14.5 Å². The summed E-state index contributed by atoms with van der Waals surface area (Å²) in [6.45, 7) is 0.127. The number of furan rings is 1. The predicted molar refractivity (Wildman–Crippen MR) is 113 cm³/mol. The van der Waals surface area contributed by atoms with E-state index < -0.39 is 10.8 Å². The summed E-state index contributed by atoms with van der Waals surface area (Å²) < 4.78 is 11.4. The summed E-state index contributed by atoms with van der Waals surface area (Å²) in [5.41, 5.74) is -0.0999. The van der Waals surface area contributed by atoms with E-state index in [1.165, 1.54) is 18.2 Å². The van der Waals surface area contributed by atoms with E-state index in [-0.39, 0.29) is 29.3 Å². The zero-order chi connectivity index (χ0) is 21.8. The number of benzene rings is 3. The number of nitrogens with one attached hydrogen (secondary N) is 1. The largest absolute Gasteiger partial charge is 0.485 e. The maximum atomic E-state index is 12.5. The number of carbonyl (C=O) groups is 1. The number of non-ortho nitro benzene ring substituents is 1. The zero-order valence-corrected chi connectivity index (χ0v) is 16.1. The SMILES string of the molecule is N#Cc1cc([N+](=O)[O-])ccc1NC(=O)c1ccc(COc2cccc3ccccc23)o1. The van der Waals surface area contributed by atoms with Gasteiger partial charge in [-0.3, -0.25) is 14.9 Å². The van der Waals surface area contributed by atoms with Gasteiger partial charge in [0.25, 0.3) is 11.6 Å². The number of nitro benzene ring substituents is 1. The number of carbonyl (C=O) groups excluding carboxylic acids is 1. The van der Waals surface area contributed by atoms with Crippen molar-refractivity contribution in [3.05, 3.63) is 100.0 Å². The van der Waals surface area contributed by atoms with Crippen molar-refractivity contribution in [3.63, 3.8) is 0 Å². The molecule has 0 spiro atoms. The Balaban J connectivity index is 1.46. The zero-order valence-electron chi connectivity index (χ0n) is 16.1. The minimum atomic E-state index is -0.610.